The molecule has 12 nitrogen and oxygen atoms in total. The van der Waals surface area contributed by atoms with Crippen LogP contribution < -0.4 is 21.3 Å². The second-order valence-corrected chi connectivity index (χ2v) is 12.9. The number of unbranched alkanes of at least 4 members (excludes halogenated alkanes) is 2. The number of hydrogen-bond acceptors (Lipinski definition) is 7. The number of amides is 4. The van der Waals surface area contributed by atoms with E-state index in [1.54, 1.807) is 0 Å². The van der Waals surface area contributed by atoms with Crippen molar-refractivity contribution in [1.82, 2.24) is 21.3 Å². The van der Waals surface area contributed by atoms with Gasteiger partial charge in [0.05, 0.1) is 6.42 Å². The van der Waals surface area contributed by atoms with Crippen LogP contribution in [-0.2, 0) is 33.5 Å². The van der Waals surface area contributed by atoms with Gasteiger partial charge in [-0.05, 0) is 56.3 Å². The topological polar surface area (TPSA) is 180 Å². The van der Waals surface area contributed by atoms with Crippen LogP contribution >= 0.6 is 0 Å². The van der Waals surface area contributed by atoms with E-state index in [0.717, 1.165) is 12.8 Å². The fraction of sp³-hybridized carbons (Fsp3) is 0.806. The summed E-state index contributed by atoms with van der Waals surface area (Å²) in [4.78, 5) is 78.2. The average Bonchev–Trinajstić information content (AvgIpc) is 2.88. The van der Waals surface area contributed by atoms with Gasteiger partial charge in [0.25, 0.3) is 0 Å². The molecular formula is C31H54N4O8. The van der Waals surface area contributed by atoms with Gasteiger partial charge in [0.1, 0.15) is 30.3 Å². The van der Waals surface area contributed by atoms with Crippen molar-refractivity contribution in [2.75, 3.05) is 0 Å². The average molecular weight is 611 g/mol. The number of carboxylic acid groups (broad SMARTS) is 1. The van der Waals surface area contributed by atoms with Gasteiger partial charge in [0, 0.05) is 6.42 Å². The number of esters is 1. The molecule has 0 unspecified atom stereocenters. The van der Waals surface area contributed by atoms with Gasteiger partial charge in [-0.25, -0.2) is 4.79 Å². The number of nitrogens with one attached hydrogen (secondary N) is 4. The minimum absolute atomic E-state index is 0.0137. The molecule has 0 bridgehead atoms. The van der Waals surface area contributed by atoms with E-state index in [1.165, 1.54) is 0 Å². The second kappa shape index (κ2) is 19.2. The van der Waals surface area contributed by atoms with E-state index >= 15 is 0 Å². The molecule has 246 valence electrons. The van der Waals surface area contributed by atoms with Crippen LogP contribution in [0.25, 0.3) is 0 Å². The maximum Gasteiger partial charge on any atom is 0.328 e. The van der Waals surface area contributed by atoms with Gasteiger partial charge in [0.15, 0.2) is 0 Å². The molecule has 43 heavy (non-hydrogen) atoms. The molecule has 1 rings (SSSR count). The normalized spacial score (nSPS) is 24.8. The number of carboxylic acids is 1. The van der Waals surface area contributed by atoms with E-state index in [2.05, 4.69) is 21.3 Å². The lowest BCUT2D eigenvalue weighted by atomic mass is 9.98. The van der Waals surface area contributed by atoms with E-state index < -0.39 is 65.8 Å². The molecule has 0 aromatic rings. The molecule has 0 aromatic heterocycles. The fourth-order valence-corrected chi connectivity index (χ4v) is 4.98. The highest BCUT2D eigenvalue weighted by Gasteiger charge is 2.34. The van der Waals surface area contributed by atoms with E-state index in [4.69, 9.17) is 4.74 Å². The lowest BCUT2D eigenvalue weighted by Gasteiger charge is -2.29. The molecule has 0 saturated carbocycles. The summed E-state index contributed by atoms with van der Waals surface area (Å²) in [6.07, 6.45) is 2.09. The van der Waals surface area contributed by atoms with Crippen molar-refractivity contribution in [3.8, 4) is 0 Å². The maximum absolute atomic E-state index is 13.5. The first kappa shape index (κ1) is 37.8. The van der Waals surface area contributed by atoms with Crippen LogP contribution in [0, 0.1) is 17.8 Å². The maximum atomic E-state index is 13.5. The Balaban J connectivity index is 3.55. The van der Waals surface area contributed by atoms with Crippen LogP contribution in [-0.4, -0.2) is 70.9 Å². The largest absolute Gasteiger partial charge is 0.481 e. The summed E-state index contributed by atoms with van der Waals surface area (Å²) in [6, 6.07) is -4.23. The zero-order chi connectivity index (χ0) is 32.7. The number of rotatable bonds is 13. The van der Waals surface area contributed by atoms with E-state index in [-0.39, 0.29) is 43.4 Å². The lowest BCUT2D eigenvalue weighted by molar-refractivity contribution is -0.155. The van der Waals surface area contributed by atoms with Gasteiger partial charge in [-0.15, -0.1) is 0 Å². The third-order valence-corrected chi connectivity index (χ3v) is 7.11. The summed E-state index contributed by atoms with van der Waals surface area (Å²) >= 11 is 0. The highest BCUT2D eigenvalue weighted by molar-refractivity contribution is 5.95. The molecule has 1 aliphatic rings. The first-order chi connectivity index (χ1) is 20.1. The summed E-state index contributed by atoms with van der Waals surface area (Å²) in [5, 5.41) is 20.1. The molecule has 5 N–H and O–H groups in total. The van der Waals surface area contributed by atoms with Gasteiger partial charge in [0.2, 0.25) is 23.6 Å². The Morgan fingerprint density at radius 1 is 0.721 bits per heavy atom. The fourth-order valence-electron chi connectivity index (χ4n) is 4.98. The van der Waals surface area contributed by atoms with Crippen LogP contribution in [0.3, 0.4) is 0 Å². The van der Waals surface area contributed by atoms with Crippen LogP contribution in [0.2, 0.25) is 0 Å². The Bertz CT molecular complexity index is 952. The molecular weight excluding hydrogens is 556 g/mol. The standard InChI is InChI=1S/C31H54N4O8/c1-8-9-10-11-21-17-26(36)32-22(12-13-27(37)38)28(39)33-23(14-18(2)3)29(40)34-24(15-19(4)5)30(41)35-25(16-20(6)7)31(42)43-21/h18-25H,8-17H2,1-7H3,(H,32,36)(H,33,39)(H,34,40)(H,35,41)(H,37,38)/t21-,22+,23+,24-,25+/m1/s1. The highest BCUT2D eigenvalue weighted by Crippen LogP contribution is 2.16. The third kappa shape index (κ3) is 15.2. The molecule has 0 radical (unpaired) electrons. The molecule has 0 aromatic carbocycles. The van der Waals surface area contributed by atoms with Gasteiger partial charge in [-0.2, -0.15) is 0 Å². The SMILES string of the molecule is CCCCC[C@@H]1CC(=O)N[C@@H](CCC(=O)O)C(=O)N[C@@H](CC(C)C)C(=O)N[C@H](CC(C)C)C(=O)N[C@@H](CC(C)C)C(=O)O1. The predicted octanol–water partition coefficient (Wildman–Crippen LogP) is 2.82. The highest BCUT2D eigenvalue weighted by atomic mass is 16.5. The molecule has 12 heteroatoms. The minimum atomic E-state index is -1.23. The molecule has 5 atom stereocenters. The lowest BCUT2D eigenvalue weighted by Crippen LogP contribution is -2.58. The third-order valence-electron chi connectivity index (χ3n) is 7.11. The number of carbonyl (C=O) groups excluding carboxylic acids is 5. The zero-order valence-electron chi connectivity index (χ0n) is 27.0. The van der Waals surface area contributed by atoms with Crippen molar-refractivity contribution in [2.45, 2.75) is 143 Å². The predicted molar refractivity (Wildman–Crippen MR) is 162 cm³/mol. The molecule has 4 amide bonds. The van der Waals surface area contributed by atoms with E-state index in [0.29, 0.717) is 25.7 Å². The summed E-state index contributed by atoms with van der Waals surface area (Å²) in [7, 11) is 0. The van der Waals surface area contributed by atoms with Crippen molar-refractivity contribution in [3.63, 3.8) is 0 Å². The Kier molecular flexibility index (Phi) is 16.9. The minimum Gasteiger partial charge on any atom is -0.481 e. The monoisotopic (exact) mass is 610 g/mol. The van der Waals surface area contributed by atoms with Crippen molar-refractivity contribution in [1.29, 1.82) is 0 Å². The van der Waals surface area contributed by atoms with Crippen molar-refractivity contribution in [2.24, 2.45) is 17.8 Å². The van der Waals surface area contributed by atoms with Crippen LogP contribution in [0.5, 0.6) is 0 Å². The Labute approximate surface area is 256 Å². The first-order valence-electron chi connectivity index (χ1n) is 15.8. The molecule has 1 aliphatic heterocycles. The van der Waals surface area contributed by atoms with Gasteiger partial charge in [-0.1, -0.05) is 61.3 Å². The van der Waals surface area contributed by atoms with Crippen LogP contribution in [0.15, 0.2) is 0 Å². The number of aliphatic carboxylic acids is 1. The summed E-state index contributed by atoms with van der Waals surface area (Å²) in [5.74, 6) is -4.19. The van der Waals surface area contributed by atoms with Gasteiger partial charge < -0.3 is 31.1 Å². The summed E-state index contributed by atoms with van der Waals surface area (Å²) in [5.41, 5.74) is 0. The second-order valence-electron chi connectivity index (χ2n) is 12.9. The number of carbonyl (C=O) groups is 6. The molecule has 1 heterocycles. The smallest absolute Gasteiger partial charge is 0.328 e. The number of hydrogen-bond donors (Lipinski definition) is 5. The molecule has 1 fully saturated rings. The van der Waals surface area contributed by atoms with Gasteiger partial charge >= 0.3 is 11.9 Å². The quantitative estimate of drug-likeness (QED) is 0.156. The van der Waals surface area contributed by atoms with Gasteiger partial charge in [-0.3, -0.25) is 24.0 Å². The number of cyclic esters (lactones) is 1. The molecule has 0 spiro atoms. The summed E-state index contributed by atoms with van der Waals surface area (Å²) in [6.45, 7) is 13.4. The summed E-state index contributed by atoms with van der Waals surface area (Å²) < 4.78 is 5.79. The molecule has 0 aliphatic carbocycles. The van der Waals surface area contributed by atoms with Crippen LogP contribution in [0.4, 0.5) is 0 Å². The van der Waals surface area contributed by atoms with E-state index in [9.17, 15) is 33.9 Å². The van der Waals surface area contributed by atoms with Crippen molar-refractivity contribution >= 4 is 35.6 Å². The first-order valence-corrected chi connectivity index (χ1v) is 15.8. The van der Waals surface area contributed by atoms with Crippen molar-refractivity contribution < 1.29 is 38.6 Å². The van der Waals surface area contributed by atoms with Crippen molar-refractivity contribution in [3.05, 3.63) is 0 Å². The molecule has 1 saturated heterocycles. The number of ether oxygens (including phenoxy) is 1. The Hall–Kier alpha value is -3.18. The van der Waals surface area contributed by atoms with Crippen LogP contribution in [0.1, 0.15) is 113 Å². The van der Waals surface area contributed by atoms with E-state index in [1.807, 2.05) is 48.5 Å². The Morgan fingerprint density at radius 2 is 1.19 bits per heavy atom. The Morgan fingerprint density at radius 3 is 1.65 bits per heavy atom. The zero-order valence-corrected chi connectivity index (χ0v) is 27.0.